The number of nitrogens with one attached hydrogen (secondary N) is 1. The van der Waals surface area contributed by atoms with E-state index in [9.17, 15) is 18.0 Å². The monoisotopic (exact) mass is 539 g/mol. The Bertz CT molecular complexity index is 1180. The van der Waals surface area contributed by atoms with Crippen molar-refractivity contribution in [3.05, 3.63) is 51.5 Å². The van der Waals surface area contributed by atoms with Crippen molar-refractivity contribution in [3.8, 4) is 0 Å². The van der Waals surface area contributed by atoms with Crippen molar-refractivity contribution >= 4 is 60.7 Å². The molecule has 2 aromatic carbocycles. The van der Waals surface area contributed by atoms with Crippen LogP contribution in [0.25, 0.3) is 0 Å². The van der Waals surface area contributed by atoms with Gasteiger partial charge in [0.25, 0.3) is 0 Å². The van der Waals surface area contributed by atoms with Crippen LogP contribution in [-0.2, 0) is 26.0 Å². The molecule has 0 radical (unpaired) electrons. The van der Waals surface area contributed by atoms with Gasteiger partial charge in [-0.3, -0.25) is 9.59 Å². The van der Waals surface area contributed by atoms with Crippen molar-refractivity contribution in [1.29, 1.82) is 0 Å². The van der Waals surface area contributed by atoms with Crippen LogP contribution in [0.5, 0.6) is 0 Å². The number of para-hydroxylation sites is 1. The highest BCUT2D eigenvalue weighted by atomic mass is 79.9. The van der Waals surface area contributed by atoms with Gasteiger partial charge in [0, 0.05) is 42.6 Å². The SMILES string of the molecule is CC(=O)N1CCc2cc(Br)c(S(=O)(=O)N3CCC(C(=O)Nc4ccccc4Cl)CC3)cc21. The molecular formula is C22H23BrClN3O4S. The third-order valence-corrected chi connectivity index (χ3v) is 9.17. The third kappa shape index (κ3) is 4.44. The van der Waals surface area contributed by atoms with Crippen LogP contribution in [0.4, 0.5) is 11.4 Å². The summed E-state index contributed by atoms with van der Waals surface area (Å²) in [5.41, 5.74) is 2.14. The first-order chi connectivity index (χ1) is 15.2. The molecule has 1 saturated heterocycles. The number of amides is 2. The van der Waals surface area contributed by atoms with Crippen LogP contribution in [0, 0.1) is 5.92 Å². The number of hydrogen-bond acceptors (Lipinski definition) is 4. The van der Waals surface area contributed by atoms with Crippen molar-refractivity contribution in [2.75, 3.05) is 29.9 Å². The van der Waals surface area contributed by atoms with E-state index < -0.39 is 10.0 Å². The van der Waals surface area contributed by atoms with E-state index in [1.54, 1.807) is 41.3 Å². The maximum atomic E-state index is 13.4. The lowest BCUT2D eigenvalue weighted by atomic mass is 9.97. The summed E-state index contributed by atoms with van der Waals surface area (Å²) < 4.78 is 28.6. The zero-order chi connectivity index (χ0) is 23.0. The molecule has 170 valence electrons. The van der Waals surface area contributed by atoms with Gasteiger partial charge in [-0.2, -0.15) is 4.31 Å². The quantitative estimate of drug-likeness (QED) is 0.634. The molecule has 0 unspecified atom stereocenters. The predicted octanol–water partition coefficient (Wildman–Crippen LogP) is 4.05. The highest BCUT2D eigenvalue weighted by molar-refractivity contribution is 9.10. The van der Waals surface area contributed by atoms with Gasteiger partial charge in [0.05, 0.1) is 15.6 Å². The Balaban J connectivity index is 1.48. The topological polar surface area (TPSA) is 86.8 Å². The fourth-order valence-corrected chi connectivity index (χ4v) is 6.93. The number of hydrogen-bond donors (Lipinski definition) is 1. The number of benzene rings is 2. The van der Waals surface area contributed by atoms with Gasteiger partial charge in [-0.15, -0.1) is 0 Å². The summed E-state index contributed by atoms with van der Waals surface area (Å²) in [6.07, 6.45) is 1.52. The zero-order valence-corrected chi connectivity index (χ0v) is 20.6. The maximum Gasteiger partial charge on any atom is 0.244 e. The molecule has 0 spiro atoms. The molecule has 7 nitrogen and oxygen atoms in total. The molecule has 1 fully saturated rings. The number of fused-ring (bicyclic) bond motifs is 1. The number of piperidine rings is 1. The summed E-state index contributed by atoms with van der Waals surface area (Å²) in [6.45, 7) is 2.50. The Labute approximate surface area is 200 Å². The normalized spacial score (nSPS) is 17.3. The molecule has 0 bridgehead atoms. The first-order valence-corrected chi connectivity index (χ1v) is 13.0. The fourth-order valence-electron chi connectivity index (χ4n) is 4.21. The number of halogens is 2. The van der Waals surface area contributed by atoms with Crippen LogP contribution in [-0.4, -0.2) is 44.2 Å². The van der Waals surface area contributed by atoms with Gasteiger partial charge in [-0.25, -0.2) is 8.42 Å². The number of anilines is 2. The first-order valence-electron chi connectivity index (χ1n) is 10.3. The number of carbonyl (C=O) groups is 2. The molecule has 0 atom stereocenters. The Morgan fingerprint density at radius 2 is 1.81 bits per heavy atom. The number of rotatable bonds is 4. The molecule has 0 aliphatic carbocycles. The molecule has 2 aromatic rings. The van der Waals surface area contributed by atoms with Crippen LogP contribution in [0.2, 0.25) is 5.02 Å². The minimum absolute atomic E-state index is 0.111. The van der Waals surface area contributed by atoms with E-state index in [1.807, 2.05) is 0 Å². The predicted molar refractivity (Wildman–Crippen MR) is 127 cm³/mol. The van der Waals surface area contributed by atoms with Crippen LogP contribution in [0.3, 0.4) is 0 Å². The van der Waals surface area contributed by atoms with Gasteiger partial charge in [0.1, 0.15) is 0 Å². The Morgan fingerprint density at radius 1 is 1.12 bits per heavy atom. The van der Waals surface area contributed by atoms with E-state index in [-0.39, 0.29) is 35.7 Å². The summed E-state index contributed by atoms with van der Waals surface area (Å²) >= 11 is 9.51. The van der Waals surface area contributed by atoms with E-state index >= 15 is 0 Å². The Kier molecular flexibility index (Phi) is 6.63. The zero-order valence-electron chi connectivity index (χ0n) is 17.5. The second-order valence-electron chi connectivity index (χ2n) is 7.98. The first kappa shape index (κ1) is 23.2. The highest BCUT2D eigenvalue weighted by Gasteiger charge is 2.35. The summed E-state index contributed by atoms with van der Waals surface area (Å²) in [6, 6.07) is 10.4. The standard InChI is InChI=1S/C22H23BrClN3O4S/c1-14(28)27-11-8-16-12-17(23)21(13-20(16)27)32(30,31)26-9-6-15(7-10-26)22(29)25-19-5-3-2-4-18(19)24/h2-5,12-13,15H,6-11H2,1H3,(H,25,29). The van der Waals surface area contributed by atoms with Crippen LogP contribution >= 0.6 is 27.5 Å². The molecule has 2 heterocycles. The maximum absolute atomic E-state index is 13.4. The molecule has 4 rings (SSSR count). The highest BCUT2D eigenvalue weighted by Crippen LogP contribution is 2.37. The number of sulfonamides is 1. The van der Waals surface area contributed by atoms with Crippen LogP contribution in [0.15, 0.2) is 45.8 Å². The van der Waals surface area contributed by atoms with Gasteiger partial charge < -0.3 is 10.2 Å². The third-order valence-electron chi connectivity index (χ3n) is 5.98. The smallest absolute Gasteiger partial charge is 0.244 e. The van der Waals surface area contributed by atoms with E-state index in [1.165, 1.54) is 11.2 Å². The number of carbonyl (C=O) groups excluding carboxylic acids is 2. The lowest BCUT2D eigenvalue weighted by Gasteiger charge is -2.31. The molecule has 1 N–H and O–H groups in total. The van der Waals surface area contributed by atoms with Gasteiger partial charge in [0.15, 0.2) is 0 Å². The van der Waals surface area contributed by atoms with Crippen molar-refractivity contribution < 1.29 is 18.0 Å². The van der Waals surface area contributed by atoms with Crippen molar-refractivity contribution in [2.45, 2.75) is 31.1 Å². The van der Waals surface area contributed by atoms with Crippen molar-refractivity contribution in [1.82, 2.24) is 4.31 Å². The summed E-state index contributed by atoms with van der Waals surface area (Å²) in [5, 5.41) is 3.29. The molecule has 2 amide bonds. The Hall–Kier alpha value is -1.94. The molecule has 10 heteroatoms. The lowest BCUT2D eigenvalue weighted by Crippen LogP contribution is -2.41. The van der Waals surface area contributed by atoms with E-state index in [0.717, 1.165) is 5.56 Å². The lowest BCUT2D eigenvalue weighted by molar-refractivity contribution is -0.121. The van der Waals surface area contributed by atoms with Gasteiger partial charge in [-0.1, -0.05) is 23.7 Å². The number of nitrogens with zero attached hydrogens (tertiary/aromatic N) is 2. The molecule has 32 heavy (non-hydrogen) atoms. The van der Waals surface area contributed by atoms with Crippen LogP contribution in [0.1, 0.15) is 25.3 Å². The molecule has 2 aliphatic rings. The van der Waals surface area contributed by atoms with E-state index in [2.05, 4.69) is 21.2 Å². The molecule has 2 aliphatic heterocycles. The summed E-state index contributed by atoms with van der Waals surface area (Å²) in [4.78, 5) is 26.3. The van der Waals surface area contributed by atoms with Gasteiger partial charge in [-0.05, 0) is 65.0 Å². The molecule has 0 aromatic heterocycles. The summed E-state index contributed by atoms with van der Waals surface area (Å²) in [7, 11) is -3.78. The largest absolute Gasteiger partial charge is 0.325 e. The van der Waals surface area contributed by atoms with Crippen molar-refractivity contribution in [2.24, 2.45) is 5.92 Å². The van der Waals surface area contributed by atoms with Gasteiger partial charge in [0.2, 0.25) is 21.8 Å². The molecule has 0 saturated carbocycles. The second-order valence-corrected chi connectivity index (χ2v) is 11.1. The minimum atomic E-state index is -3.78. The fraction of sp³-hybridized carbons (Fsp3) is 0.364. The summed E-state index contributed by atoms with van der Waals surface area (Å²) in [5.74, 6) is -0.569. The van der Waals surface area contributed by atoms with E-state index in [4.69, 9.17) is 11.6 Å². The molecular weight excluding hydrogens is 518 g/mol. The Morgan fingerprint density at radius 3 is 2.47 bits per heavy atom. The van der Waals surface area contributed by atoms with Gasteiger partial charge >= 0.3 is 0 Å². The minimum Gasteiger partial charge on any atom is -0.325 e. The van der Waals surface area contributed by atoms with E-state index in [0.29, 0.717) is 46.7 Å². The average molecular weight is 541 g/mol. The average Bonchev–Trinajstić information content (AvgIpc) is 3.17. The second kappa shape index (κ2) is 9.13. The van der Waals surface area contributed by atoms with Crippen molar-refractivity contribution in [3.63, 3.8) is 0 Å². The van der Waals surface area contributed by atoms with Crippen LogP contribution < -0.4 is 10.2 Å².